The number of rotatable bonds is 8. The van der Waals surface area contributed by atoms with Crippen molar-refractivity contribution in [2.24, 2.45) is 5.92 Å². The molecule has 1 N–H and O–H groups in total. The van der Waals surface area contributed by atoms with Crippen LogP contribution in [0, 0.1) is 5.92 Å². The zero-order valence-corrected chi connectivity index (χ0v) is 13.8. The summed E-state index contributed by atoms with van der Waals surface area (Å²) < 4.78 is 6.21. The maximum atomic E-state index is 6.21. The highest BCUT2D eigenvalue weighted by Crippen LogP contribution is 2.35. The predicted molar refractivity (Wildman–Crippen MR) is 87.3 cm³/mol. The number of hydrogen-bond acceptors (Lipinski definition) is 3. The van der Waals surface area contributed by atoms with Gasteiger partial charge >= 0.3 is 0 Å². The molecule has 2 rings (SSSR count). The lowest BCUT2D eigenvalue weighted by atomic mass is 9.82. The Labute approximate surface area is 127 Å². The summed E-state index contributed by atoms with van der Waals surface area (Å²) in [5.74, 6) is 0.722. The first-order chi connectivity index (χ1) is 9.86. The molecule has 1 fully saturated rings. The van der Waals surface area contributed by atoms with Gasteiger partial charge in [-0.15, -0.1) is 11.3 Å². The maximum absolute atomic E-state index is 6.21. The number of ether oxygens (including phenoxy) is 1. The van der Waals surface area contributed by atoms with Crippen molar-refractivity contribution < 1.29 is 4.74 Å². The number of thiophene rings is 1. The molecular weight excluding hydrogens is 266 g/mol. The smallest absolute Gasteiger partial charge is 0.0805 e. The van der Waals surface area contributed by atoms with Gasteiger partial charge in [-0.05, 0) is 50.1 Å². The highest BCUT2D eigenvalue weighted by atomic mass is 32.1. The lowest BCUT2D eigenvalue weighted by Gasteiger charge is -2.35. The lowest BCUT2D eigenvalue weighted by molar-refractivity contribution is -0.0175. The quantitative estimate of drug-likeness (QED) is 0.745. The van der Waals surface area contributed by atoms with Crippen molar-refractivity contribution >= 4 is 11.3 Å². The van der Waals surface area contributed by atoms with Gasteiger partial charge in [0, 0.05) is 11.5 Å². The first kappa shape index (κ1) is 16.0. The van der Waals surface area contributed by atoms with Crippen LogP contribution in [0.4, 0.5) is 0 Å². The normalized spacial score (nSPS) is 19.9. The van der Waals surface area contributed by atoms with Crippen molar-refractivity contribution in [1.29, 1.82) is 0 Å². The van der Waals surface area contributed by atoms with Crippen molar-refractivity contribution in [2.75, 3.05) is 13.2 Å². The summed E-state index contributed by atoms with van der Waals surface area (Å²) in [5, 5.41) is 5.92. The van der Waals surface area contributed by atoms with E-state index < -0.39 is 0 Å². The van der Waals surface area contributed by atoms with Crippen molar-refractivity contribution in [3.63, 3.8) is 0 Å². The standard InChI is InChI=1S/C17H29NOS/c1-3-12-18-16(15-11-8-13-20-15)17(19-4-2)14-9-6-5-7-10-14/h8,11,13-14,16-18H,3-7,9-10,12H2,1-2H3. The molecule has 1 aromatic rings. The van der Waals surface area contributed by atoms with Gasteiger partial charge in [0.2, 0.25) is 0 Å². The van der Waals surface area contributed by atoms with Crippen LogP contribution < -0.4 is 5.32 Å². The van der Waals surface area contributed by atoms with Gasteiger partial charge in [-0.25, -0.2) is 0 Å². The average molecular weight is 295 g/mol. The van der Waals surface area contributed by atoms with Gasteiger partial charge in [0.05, 0.1) is 12.1 Å². The van der Waals surface area contributed by atoms with Gasteiger partial charge in [0.15, 0.2) is 0 Å². The summed E-state index contributed by atoms with van der Waals surface area (Å²) in [6.07, 6.45) is 8.33. The highest BCUT2D eigenvalue weighted by Gasteiger charge is 2.32. The zero-order valence-electron chi connectivity index (χ0n) is 12.9. The van der Waals surface area contributed by atoms with Crippen LogP contribution in [-0.4, -0.2) is 19.3 Å². The largest absolute Gasteiger partial charge is 0.376 e. The molecule has 0 aromatic carbocycles. The van der Waals surface area contributed by atoms with Crippen LogP contribution in [-0.2, 0) is 4.74 Å². The maximum Gasteiger partial charge on any atom is 0.0805 e. The van der Waals surface area contributed by atoms with E-state index in [2.05, 4.69) is 36.7 Å². The third-order valence-corrected chi connectivity index (χ3v) is 5.22. The van der Waals surface area contributed by atoms with Crippen LogP contribution in [0.1, 0.15) is 63.3 Å². The molecule has 1 heterocycles. The molecule has 20 heavy (non-hydrogen) atoms. The zero-order chi connectivity index (χ0) is 14.2. The Balaban J connectivity index is 2.12. The van der Waals surface area contributed by atoms with Crippen molar-refractivity contribution in [2.45, 2.75) is 64.5 Å². The van der Waals surface area contributed by atoms with Crippen molar-refractivity contribution in [3.8, 4) is 0 Å². The fraction of sp³-hybridized carbons (Fsp3) is 0.765. The molecule has 1 aliphatic rings. The van der Waals surface area contributed by atoms with Crippen LogP contribution in [0.15, 0.2) is 17.5 Å². The van der Waals surface area contributed by atoms with E-state index in [0.717, 1.165) is 19.1 Å². The molecule has 0 radical (unpaired) electrons. The fourth-order valence-corrected chi connectivity index (χ4v) is 4.14. The SMILES string of the molecule is CCCNC(c1cccs1)C(OCC)C1CCCCC1. The van der Waals surface area contributed by atoms with Gasteiger partial charge < -0.3 is 10.1 Å². The van der Waals surface area contributed by atoms with E-state index in [4.69, 9.17) is 4.74 Å². The molecule has 0 bridgehead atoms. The van der Waals surface area contributed by atoms with Crippen LogP contribution in [0.3, 0.4) is 0 Å². The highest BCUT2D eigenvalue weighted by molar-refractivity contribution is 7.10. The van der Waals surface area contributed by atoms with E-state index in [9.17, 15) is 0 Å². The summed E-state index contributed by atoms with van der Waals surface area (Å²) in [7, 11) is 0. The summed E-state index contributed by atoms with van der Waals surface area (Å²) in [6, 6.07) is 4.79. The van der Waals surface area contributed by atoms with E-state index in [1.54, 1.807) is 0 Å². The van der Waals surface area contributed by atoms with Crippen LogP contribution in [0.25, 0.3) is 0 Å². The molecule has 2 nitrogen and oxygen atoms in total. The first-order valence-corrected chi connectivity index (χ1v) is 9.13. The number of nitrogens with one attached hydrogen (secondary N) is 1. The Morgan fingerprint density at radius 3 is 2.70 bits per heavy atom. The third-order valence-electron chi connectivity index (χ3n) is 4.27. The van der Waals surface area contributed by atoms with Gasteiger partial charge in [-0.3, -0.25) is 0 Å². The predicted octanol–water partition coefficient (Wildman–Crippen LogP) is 4.77. The second kappa shape index (κ2) is 8.81. The minimum Gasteiger partial charge on any atom is -0.376 e. The lowest BCUT2D eigenvalue weighted by Crippen LogP contribution is -2.39. The summed E-state index contributed by atoms with van der Waals surface area (Å²) in [4.78, 5) is 1.43. The minimum atomic E-state index is 0.338. The van der Waals surface area contributed by atoms with E-state index >= 15 is 0 Å². The molecule has 0 spiro atoms. The monoisotopic (exact) mass is 295 g/mol. The molecule has 1 aromatic heterocycles. The Morgan fingerprint density at radius 1 is 1.30 bits per heavy atom. The molecule has 0 saturated heterocycles. The van der Waals surface area contributed by atoms with Crippen molar-refractivity contribution in [1.82, 2.24) is 5.32 Å². The van der Waals surface area contributed by atoms with Gasteiger partial charge in [-0.2, -0.15) is 0 Å². The fourth-order valence-electron chi connectivity index (χ4n) is 3.31. The molecule has 114 valence electrons. The molecule has 3 heteroatoms. The Kier molecular flexibility index (Phi) is 7.05. The molecule has 1 saturated carbocycles. The first-order valence-electron chi connectivity index (χ1n) is 8.25. The van der Waals surface area contributed by atoms with Crippen molar-refractivity contribution in [3.05, 3.63) is 22.4 Å². The van der Waals surface area contributed by atoms with E-state index in [-0.39, 0.29) is 0 Å². The Bertz CT molecular complexity index is 346. The van der Waals surface area contributed by atoms with Crippen LogP contribution in [0.5, 0.6) is 0 Å². The number of hydrogen-bond donors (Lipinski definition) is 1. The molecule has 0 aliphatic heterocycles. The molecular formula is C17H29NOS. The second-order valence-electron chi connectivity index (χ2n) is 5.77. The molecule has 1 aliphatic carbocycles. The Morgan fingerprint density at radius 2 is 2.10 bits per heavy atom. The van der Waals surface area contributed by atoms with Gasteiger partial charge in [0.1, 0.15) is 0 Å². The Hall–Kier alpha value is -0.380. The third kappa shape index (κ3) is 4.31. The summed E-state index contributed by atoms with van der Waals surface area (Å²) >= 11 is 1.86. The van der Waals surface area contributed by atoms with Gasteiger partial charge in [0.25, 0.3) is 0 Å². The minimum absolute atomic E-state index is 0.338. The summed E-state index contributed by atoms with van der Waals surface area (Å²) in [5.41, 5.74) is 0. The van der Waals surface area contributed by atoms with Crippen LogP contribution in [0.2, 0.25) is 0 Å². The van der Waals surface area contributed by atoms with E-state index in [1.807, 2.05) is 11.3 Å². The van der Waals surface area contributed by atoms with E-state index in [0.29, 0.717) is 12.1 Å². The van der Waals surface area contributed by atoms with E-state index in [1.165, 1.54) is 43.4 Å². The van der Waals surface area contributed by atoms with Gasteiger partial charge in [-0.1, -0.05) is 32.3 Å². The average Bonchev–Trinajstić information content (AvgIpc) is 3.01. The van der Waals surface area contributed by atoms with Crippen LogP contribution >= 0.6 is 11.3 Å². The molecule has 2 atom stereocenters. The second-order valence-corrected chi connectivity index (χ2v) is 6.74. The molecule has 0 amide bonds. The topological polar surface area (TPSA) is 21.3 Å². The summed E-state index contributed by atoms with van der Waals surface area (Å²) in [6.45, 7) is 6.24. The molecule has 2 unspecified atom stereocenters.